The molecule has 3 atom stereocenters. The number of carbonyl (C=O) groups excluding carboxylic acids is 1. The van der Waals surface area contributed by atoms with Crippen LogP contribution >= 0.6 is 0 Å². The Kier molecular flexibility index (Phi) is 9.06. The predicted octanol–water partition coefficient (Wildman–Crippen LogP) is 4.00. The maximum Gasteiger partial charge on any atom is 0.297 e. The van der Waals surface area contributed by atoms with Crippen LogP contribution in [-0.2, 0) is 29.4 Å². The molecule has 0 unspecified atom stereocenters. The molecule has 7 nitrogen and oxygen atoms in total. The number of rotatable bonds is 12. The third-order valence-corrected chi connectivity index (χ3v) is 7.75. The summed E-state index contributed by atoms with van der Waals surface area (Å²) in [6, 6.07) is 34.1. The molecule has 0 fully saturated rings. The molecule has 202 valence electrons. The van der Waals surface area contributed by atoms with Crippen molar-refractivity contribution in [1.82, 2.24) is 0 Å². The fourth-order valence-electron chi connectivity index (χ4n) is 4.36. The molecule has 0 saturated carbocycles. The topological polar surface area (TPSA) is 110 Å². The van der Waals surface area contributed by atoms with Gasteiger partial charge in [0.25, 0.3) is 10.1 Å². The van der Waals surface area contributed by atoms with E-state index in [2.05, 4.69) is 0 Å². The van der Waals surface area contributed by atoms with Crippen LogP contribution in [0, 0.1) is 6.92 Å². The molecule has 2 N–H and O–H groups in total. The Balaban J connectivity index is 1.63. The zero-order chi connectivity index (χ0) is 27.9. The van der Waals surface area contributed by atoms with Crippen molar-refractivity contribution in [2.45, 2.75) is 35.7 Å². The highest BCUT2D eigenvalue weighted by Crippen LogP contribution is 2.40. The first-order chi connectivity index (χ1) is 18.8. The fraction of sp³-hybridized carbons (Fsp3) is 0.194. The zero-order valence-corrected chi connectivity index (χ0v) is 22.1. The van der Waals surface area contributed by atoms with E-state index < -0.39 is 40.6 Å². The van der Waals surface area contributed by atoms with Crippen molar-refractivity contribution in [3.05, 3.63) is 138 Å². The Morgan fingerprint density at radius 1 is 0.744 bits per heavy atom. The monoisotopic (exact) mass is 546 g/mol. The van der Waals surface area contributed by atoms with Crippen LogP contribution in [-0.4, -0.2) is 49.8 Å². The van der Waals surface area contributed by atoms with E-state index in [-0.39, 0.29) is 11.2 Å². The SMILES string of the molecule is Cc1ccc(S(=O)(=O)O[C@H](C=O)[C@H](O)[C@H](O)COC(c2ccccc2)(c2ccccc2)c2ccccc2)cc1. The Labute approximate surface area is 228 Å². The highest BCUT2D eigenvalue weighted by Gasteiger charge is 2.40. The third-order valence-electron chi connectivity index (χ3n) is 6.42. The molecule has 0 aliphatic carbocycles. The van der Waals surface area contributed by atoms with E-state index in [1.165, 1.54) is 12.1 Å². The van der Waals surface area contributed by atoms with Crippen LogP contribution in [0.2, 0.25) is 0 Å². The molecule has 0 spiro atoms. The summed E-state index contributed by atoms with van der Waals surface area (Å²) in [5.74, 6) is 0. The van der Waals surface area contributed by atoms with Crippen LogP contribution in [0.3, 0.4) is 0 Å². The number of aldehydes is 1. The second-order valence-electron chi connectivity index (χ2n) is 9.11. The van der Waals surface area contributed by atoms with Crippen molar-refractivity contribution in [2.24, 2.45) is 0 Å². The van der Waals surface area contributed by atoms with Crippen LogP contribution < -0.4 is 0 Å². The lowest BCUT2D eigenvalue weighted by molar-refractivity contribution is -0.130. The van der Waals surface area contributed by atoms with E-state index in [0.717, 1.165) is 22.3 Å². The minimum absolute atomic E-state index is 0.151. The maximum atomic E-state index is 12.7. The summed E-state index contributed by atoms with van der Waals surface area (Å²) in [5, 5.41) is 21.7. The van der Waals surface area contributed by atoms with Gasteiger partial charge >= 0.3 is 0 Å². The van der Waals surface area contributed by atoms with Crippen LogP contribution in [0.4, 0.5) is 0 Å². The van der Waals surface area contributed by atoms with Gasteiger partial charge in [0.05, 0.1) is 11.5 Å². The summed E-state index contributed by atoms with van der Waals surface area (Å²) in [5.41, 5.74) is 1.97. The first kappa shape index (κ1) is 28.4. The molecule has 0 radical (unpaired) electrons. The van der Waals surface area contributed by atoms with Crippen LogP contribution in [0.5, 0.6) is 0 Å². The molecule has 0 aliphatic rings. The van der Waals surface area contributed by atoms with Gasteiger partial charge in [0.15, 0.2) is 12.4 Å². The van der Waals surface area contributed by atoms with Gasteiger partial charge in [0.2, 0.25) is 0 Å². The molecule has 0 saturated heterocycles. The second-order valence-corrected chi connectivity index (χ2v) is 10.7. The van der Waals surface area contributed by atoms with Crippen LogP contribution in [0.15, 0.2) is 120 Å². The Hall–Kier alpha value is -3.66. The van der Waals surface area contributed by atoms with Gasteiger partial charge in [-0.3, -0.25) is 4.18 Å². The molecule has 39 heavy (non-hydrogen) atoms. The molecule has 4 rings (SSSR count). The van der Waals surface area contributed by atoms with Gasteiger partial charge in [-0.1, -0.05) is 109 Å². The zero-order valence-electron chi connectivity index (χ0n) is 21.3. The van der Waals surface area contributed by atoms with Crippen LogP contribution in [0.25, 0.3) is 0 Å². The molecule has 4 aromatic rings. The Morgan fingerprint density at radius 2 is 1.18 bits per heavy atom. The first-order valence-electron chi connectivity index (χ1n) is 12.4. The van der Waals surface area contributed by atoms with E-state index in [1.54, 1.807) is 19.1 Å². The number of hydrogen-bond acceptors (Lipinski definition) is 7. The summed E-state index contributed by atoms with van der Waals surface area (Å²) in [7, 11) is -4.38. The molecule has 8 heteroatoms. The minimum Gasteiger partial charge on any atom is -0.388 e. The summed E-state index contributed by atoms with van der Waals surface area (Å²) < 4.78 is 36.9. The lowest BCUT2D eigenvalue weighted by atomic mass is 9.80. The largest absolute Gasteiger partial charge is 0.388 e. The van der Waals surface area contributed by atoms with E-state index in [4.69, 9.17) is 8.92 Å². The van der Waals surface area contributed by atoms with E-state index in [0.29, 0.717) is 0 Å². The number of aryl methyl sites for hydroxylation is 1. The van der Waals surface area contributed by atoms with Gasteiger partial charge in [-0.2, -0.15) is 8.42 Å². The summed E-state index contributed by atoms with van der Waals surface area (Å²) in [4.78, 5) is 11.6. The van der Waals surface area contributed by atoms with Crippen molar-refractivity contribution in [3.63, 3.8) is 0 Å². The van der Waals surface area contributed by atoms with Gasteiger partial charge in [-0.15, -0.1) is 0 Å². The van der Waals surface area contributed by atoms with Crippen molar-refractivity contribution >= 4 is 16.4 Å². The number of ether oxygens (including phenoxy) is 1. The molecular weight excluding hydrogens is 516 g/mol. The van der Waals surface area contributed by atoms with Gasteiger partial charge < -0.3 is 19.7 Å². The highest BCUT2D eigenvalue weighted by atomic mass is 32.2. The predicted molar refractivity (Wildman–Crippen MR) is 146 cm³/mol. The van der Waals surface area contributed by atoms with Crippen molar-refractivity contribution in [1.29, 1.82) is 0 Å². The summed E-state index contributed by atoms with van der Waals surface area (Å²) in [6.07, 6.45) is -5.25. The molecule has 0 amide bonds. The quantitative estimate of drug-likeness (QED) is 0.157. The fourth-order valence-corrected chi connectivity index (χ4v) is 5.40. The van der Waals surface area contributed by atoms with Crippen LogP contribution in [0.1, 0.15) is 22.3 Å². The van der Waals surface area contributed by atoms with E-state index in [9.17, 15) is 23.4 Å². The van der Waals surface area contributed by atoms with E-state index >= 15 is 0 Å². The number of carbonyl (C=O) groups is 1. The lowest BCUT2D eigenvalue weighted by Crippen LogP contribution is -2.45. The normalized spacial score (nSPS) is 14.3. The molecule has 0 aromatic heterocycles. The van der Waals surface area contributed by atoms with Gasteiger partial charge in [0.1, 0.15) is 17.8 Å². The number of hydrogen-bond donors (Lipinski definition) is 2. The third kappa shape index (κ3) is 6.33. The highest BCUT2D eigenvalue weighted by molar-refractivity contribution is 7.86. The first-order valence-corrected chi connectivity index (χ1v) is 13.8. The lowest BCUT2D eigenvalue weighted by Gasteiger charge is -2.37. The molecule has 0 heterocycles. The molecular formula is C31H30O7S. The molecule has 0 aliphatic heterocycles. The Morgan fingerprint density at radius 3 is 1.59 bits per heavy atom. The molecule has 4 aromatic carbocycles. The van der Waals surface area contributed by atoms with Gasteiger partial charge in [-0.25, -0.2) is 0 Å². The number of benzene rings is 4. The van der Waals surface area contributed by atoms with E-state index in [1.807, 2.05) is 91.0 Å². The van der Waals surface area contributed by atoms with Crippen molar-refractivity contribution in [3.8, 4) is 0 Å². The number of aliphatic hydroxyl groups excluding tert-OH is 2. The van der Waals surface area contributed by atoms with Gasteiger partial charge in [-0.05, 0) is 35.7 Å². The second kappa shape index (κ2) is 12.5. The minimum atomic E-state index is -4.38. The average Bonchev–Trinajstić information content (AvgIpc) is 2.97. The van der Waals surface area contributed by atoms with Crippen molar-refractivity contribution in [2.75, 3.05) is 6.61 Å². The van der Waals surface area contributed by atoms with Crippen molar-refractivity contribution < 1.29 is 32.3 Å². The smallest absolute Gasteiger partial charge is 0.297 e. The maximum absolute atomic E-state index is 12.7. The Bertz CT molecular complexity index is 1340. The van der Waals surface area contributed by atoms with Gasteiger partial charge in [0, 0.05) is 0 Å². The standard InChI is InChI=1S/C31H30O7S/c1-23-17-19-27(20-18-23)39(35,36)38-29(21-32)30(34)28(33)22-37-31(24-11-5-2-6-12-24,25-13-7-3-8-14-25)26-15-9-4-10-16-26/h2-21,28-30,33-34H,22H2,1H3/t28-,29-,30-/m1/s1. The number of aliphatic hydroxyl groups is 2. The summed E-state index contributed by atoms with van der Waals surface area (Å²) >= 11 is 0. The summed E-state index contributed by atoms with van der Waals surface area (Å²) in [6.45, 7) is 1.35. The average molecular weight is 547 g/mol. The molecule has 0 bridgehead atoms.